The molecule has 27 heavy (non-hydrogen) atoms. The maximum Gasteiger partial charge on any atom is 0.271 e. The van der Waals surface area contributed by atoms with E-state index >= 15 is 0 Å². The van der Waals surface area contributed by atoms with Crippen molar-refractivity contribution in [2.24, 2.45) is 5.10 Å². The van der Waals surface area contributed by atoms with E-state index in [1.165, 1.54) is 0 Å². The number of carbonyl (C=O) groups is 2. The van der Waals surface area contributed by atoms with E-state index in [0.29, 0.717) is 22.0 Å². The summed E-state index contributed by atoms with van der Waals surface area (Å²) in [5, 5.41) is 7.35. The van der Waals surface area contributed by atoms with Crippen molar-refractivity contribution in [1.82, 2.24) is 5.43 Å². The Bertz CT molecular complexity index is 835. The minimum atomic E-state index is -0.312. The summed E-state index contributed by atoms with van der Waals surface area (Å²) in [6.45, 7) is 8.03. The monoisotopic (exact) mass is 385 g/mol. The fourth-order valence-electron chi connectivity index (χ4n) is 2.34. The standard InChI is InChI=1S/C21H24ClN3O2/c1-14(13-19(26)23-18-11-9-17(22)10-12-18)24-25-20(27)15-5-7-16(8-6-15)21(2,3)4/h5-12H,13H2,1-4H3,(H,23,26)(H,25,27)/b24-14-. The van der Waals surface area contributed by atoms with Gasteiger partial charge in [-0.1, -0.05) is 44.5 Å². The molecule has 2 aromatic rings. The van der Waals surface area contributed by atoms with Gasteiger partial charge in [0.05, 0.1) is 6.42 Å². The van der Waals surface area contributed by atoms with Gasteiger partial charge < -0.3 is 5.32 Å². The highest BCUT2D eigenvalue weighted by atomic mass is 35.5. The molecule has 2 aromatic carbocycles. The van der Waals surface area contributed by atoms with E-state index < -0.39 is 0 Å². The third-order valence-electron chi connectivity index (χ3n) is 3.91. The summed E-state index contributed by atoms with van der Waals surface area (Å²) in [7, 11) is 0. The van der Waals surface area contributed by atoms with Gasteiger partial charge in [-0.2, -0.15) is 5.10 Å². The van der Waals surface area contributed by atoms with Crippen LogP contribution in [0, 0.1) is 0 Å². The van der Waals surface area contributed by atoms with Crippen molar-refractivity contribution in [3.05, 3.63) is 64.7 Å². The molecule has 0 saturated heterocycles. The topological polar surface area (TPSA) is 70.6 Å². The quantitative estimate of drug-likeness (QED) is 0.574. The van der Waals surface area contributed by atoms with Gasteiger partial charge in [0.2, 0.25) is 5.91 Å². The molecular formula is C21H24ClN3O2. The fraction of sp³-hybridized carbons (Fsp3) is 0.286. The van der Waals surface area contributed by atoms with Crippen molar-refractivity contribution in [1.29, 1.82) is 0 Å². The van der Waals surface area contributed by atoms with Gasteiger partial charge in [-0.05, 0) is 54.3 Å². The van der Waals surface area contributed by atoms with Crippen LogP contribution in [0.4, 0.5) is 5.69 Å². The summed E-state index contributed by atoms with van der Waals surface area (Å²) >= 11 is 5.81. The lowest BCUT2D eigenvalue weighted by molar-refractivity contribution is -0.115. The zero-order chi connectivity index (χ0) is 20.0. The molecule has 0 unspecified atom stereocenters. The van der Waals surface area contributed by atoms with Crippen LogP contribution in [-0.2, 0) is 10.2 Å². The van der Waals surface area contributed by atoms with E-state index in [4.69, 9.17) is 11.6 Å². The molecule has 0 aliphatic carbocycles. The number of benzene rings is 2. The van der Waals surface area contributed by atoms with Crippen molar-refractivity contribution in [2.75, 3.05) is 5.32 Å². The van der Waals surface area contributed by atoms with Gasteiger partial charge in [0.1, 0.15) is 0 Å². The average Bonchev–Trinajstić information content (AvgIpc) is 2.61. The summed E-state index contributed by atoms with van der Waals surface area (Å²) in [6.07, 6.45) is 0.0753. The molecule has 2 rings (SSSR count). The van der Waals surface area contributed by atoms with Crippen LogP contribution in [0.5, 0.6) is 0 Å². The molecule has 0 spiro atoms. The zero-order valence-electron chi connectivity index (χ0n) is 16.0. The average molecular weight is 386 g/mol. The number of hydrogen-bond donors (Lipinski definition) is 2. The van der Waals surface area contributed by atoms with Crippen LogP contribution >= 0.6 is 11.6 Å². The number of carbonyl (C=O) groups excluding carboxylic acids is 2. The zero-order valence-corrected chi connectivity index (χ0v) is 16.7. The van der Waals surface area contributed by atoms with E-state index in [-0.39, 0.29) is 23.7 Å². The molecular weight excluding hydrogens is 362 g/mol. The highest BCUT2D eigenvalue weighted by Gasteiger charge is 2.14. The third-order valence-corrected chi connectivity index (χ3v) is 4.16. The van der Waals surface area contributed by atoms with Crippen LogP contribution in [0.2, 0.25) is 5.02 Å². The maximum absolute atomic E-state index is 12.2. The smallest absolute Gasteiger partial charge is 0.271 e. The molecule has 2 N–H and O–H groups in total. The van der Waals surface area contributed by atoms with Gasteiger partial charge in [0.15, 0.2) is 0 Å². The highest BCUT2D eigenvalue weighted by Crippen LogP contribution is 2.22. The number of rotatable bonds is 5. The molecule has 0 aliphatic rings. The van der Waals surface area contributed by atoms with Crippen molar-refractivity contribution < 1.29 is 9.59 Å². The van der Waals surface area contributed by atoms with Gasteiger partial charge >= 0.3 is 0 Å². The number of nitrogens with one attached hydrogen (secondary N) is 2. The molecule has 6 heteroatoms. The molecule has 0 aliphatic heterocycles. The second kappa shape index (κ2) is 8.82. The highest BCUT2D eigenvalue weighted by molar-refractivity contribution is 6.30. The van der Waals surface area contributed by atoms with Crippen molar-refractivity contribution >= 4 is 34.8 Å². The SMILES string of the molecule is C/C(CC(=O)Nc1ccc(Cl)cc1)=N/NC(=O)c1ccc(C(C)(C)C)cc1. The fourth-order valence-corrected chi connectivity index (χ4v) is 2.47. The molecule has 0 fully saturated rings. The van der Waals surface area contributed by atoms with Crippen molar-refractivity contribution in [3.8, 4) is 0 Å². The van der Waals surface area contributed by atoms with Crippen molar-refractivity contribution in [2.45, 2.75) is 39.5 Å². The number of hydrazone groups is 1. The number of amides is 2. The van der Waals surface area contributed by atoms with Gasteiger partial charge in [-0.15, -0.1) is 0 Å². The Kier molecular flexibility index (Phi) is 6.75. The number of halogens is 1. The number of anilines is 1. The summed E-state index contributed by atoms with van der Waals surface area (Å²) in [6, 6.07) is 14.2. The summed E-state index contributed by atoms with van der Waals surface area (Å²) in [5.41, 5.74) is 5.34. The van der Waals surface area contributed by atoms with Crippen LogP contribution in [0.15, 0.2) is 53.6 Å². The summed E-state index contributed by atoms with van der Waals surface area (Å²) in [5.74, 6) is -0.532. The Morgan fingerprint density at radius 3 is 2.15 bits per heavy atom. The van der Waals surface area contributed by atoms with E-state index in [1.807, 2.05) is 12.1 Å². The van der Waals surface area contributed by atoms with Crippen LogP contribution in [0.1, 0.15) is 50.0 Å². The molecule has 0 aromatic heterocycles. The van der Waals surface area contributed by atoms with Gasteiger partial charge in [0, 0.05) is 22.0 Å². The van der Waals surface area contributed by atoms with E-state index in [0.717, 1.165) is 5.56 Å². The van der Waals surface area contributed by atoms with Crippen molar-refractivity contribution in [3.63, 3.8) is 0 Å². The van der Waals surface area contributed by atoms with E-state index in [2.05, 4.69) is 36.6 Å². The first kappa shape index (κ1) is 20.6. The van der Waals surface area contributed by atoms with Gasteiger partial charge in [0.25, 0.3) is 5.91 Å². The lowest BCUT2D eigenvalue weighted by Gasteiger charge is -2.18. The van der Waals surface area contributed by atoms with Crippen LogP contribution in [-0.4, -0.2) is 17.5 Å². The second-order valence-electron chi connectivity index (χ2n) is 7.35. The molecule has 5 nitrogen and oxygen atoms in total. The molecule has 0 bridgehead atoms. The molecule has 0 radical (unpaired) electrons. The van der Waals surface area contributed by atoms with E-state index in [9.17, 15) is 9.59 Å². The summed E-state index contributed by atoms with van der Waals surface area (Å²) < 4.78 is 0. The van der Waals surface area contributed by atoms with Crippen LogP contribution < -0.4 is 10.7 Å². The first-order valence-corrected chi connectivity index (χ1v) is 9.02. The first-order valence-electron chi connectivity index (χ1n) is 8.64. The largest absolute Gasteiger partial charge is 0.326 e. The minimum Gasteiger partial charge on any atom is -0.326 e. The Morgan fingerprint density at radius 1 is 1.00 bits per heavy atom. The normalized spacial score (nSPS) is 11.8. The molecule has 2 amide bonds. The van der Waals surface area contributed by atoms with Gasteiger partial charge in [-0.25, -0.2) is 5.43 Å². The predicted octanol–water partition coefficient (Wildman–Crippen LogP) is 4.77. The molecule has 0 atom stereocenters. The minimum absolute atomic E-state index is 0.0290. The lowest BCUT2D eigenvalue weighted by atomic mass is 9.87. The molecule has 0 heterocycles. The predicted molar refractivity (Wildman–Crippen MR) is 110 cm³/mol. The third kappa shape index (κ3) is 6.53. The second-order valence-corrected chi connectivity index (χ2v) is 7.78. The Balaban J connectivity index is 1.89. The lowest BCUT2D eigenvalue weighted by Crippen LogP contribution is -2.21. The maximum atomic E-state index is 12.2. The van der Waals surface area contributed by atoms with Gasteiger partial charge in [-0.3, -0.25) is 9.59 Å². The molecule has 142 valence electrons. The van der Waals surface area contributed by atoms with E-state index in [1.54, 1.807) is 43.3 Å². The number of hydrogen-bond acceptors (Lipinski definition) is 3. The Morgan fingerprint density at radius 2 is 1.59 bits per heavy atom. The first-order chi connectivity index (χ1) is 12.6. The van der Waals surface area contributed by atoms with Crippen LogP contribution in [0.25, 0.3) is 0 Å². The Labute approximate surface area is 164 Å². The molecule has 0 saturated carbocycles. The van der Waals surface area contributed by atoms with Crippen LogP contribution in [0.3, 0.4) is 0 Å². The number of nitrogens with zero attached hydrogens (tertiary/aromatic N) is 1. The Hall–Kier alpha value is -2.66. The summed E-state index contributed by atoms with van der Waals surface area (Å²) in [4.78, 5) is 24.2.